The Hall–Kier alpha value is -7.49. The highest BCUT2D eigenvalue weighted by Crippen LogP contribution is 2.20. The lowest BCUT2D eigenvalue weighted by atomic mass is 10.0. The molecule has 10 N–H and O–H groups in total. The monoisotopic (exact) mass is 976 g/mol. The Morgan fingerprint density at radius 2 is 1.26 bits per heavy atom. The summed E-state index contributed by atoms with van der Waals surface area (Å²) in [5, 5.41) is 25.5. The van der Waals surface area contributed by atoms with E-state index in [0.29, 0.717) is 29.5 Å². The summed E-state index contributed by atoms with van der Waals surface area (Å²) in [5.41, 5.74) is 7.11. The number of aromatic amines is 1. The summed E-state index contributed by atoms with van der Waals surface area (Å²) in [7, 11) is -3.82. The summed E-state index contributed by atoms with van der Waals surface area (Å²) in [6, 6.07) is 14.5. The molecule has 69 heavy (non-hydrogen) atoms. The molecule has 0 unspecified atom stereocenters. The number of primary amides is 1. The van der Waals surface area contributed by atoms with E-state index in [9.17, 15) is 51.9 Å². The number of ether oxygens (including phenoxy) is 1. The number of aliphatic carboxylic acids is 1. The highest BCUT2D eigenvalue weighted by molar-refractivity contribution is 7.86. The summed E-state index contributed by atoms with van der Waals surface area (Å²) in [4.78, 5) is 109. The van der Waals surface area contributed by atoms with Gasteiger partial charge in [-0.15, -0.1) is 0 Å². The molecule has 0 radical (unpaired) electrons. The van der Waals surface area contributed by atoms with Crippen LogP contribution >= 0.6 is 0 Å². The molecule has 0 saturated heterocycles. The van der Waals surface area contributed by atoms with Crippen molar-refractivity contribution in [1.82, 2.24) is 36.9 Å². The van der Waals surface area contributed by atoms with Crippen LogP contribution in [0.3, 0.4) is 0 Å². The Balaban J connectivity index is 1.54. The second-order valence-electron chi connectivity index (χ2n) is 17.3. The fraction of sp³-hybridized carbons (Fsp3) is 0.404. The number of carboxylic acid groups (broad SMARTS) is 1. The molecule has 21 nitrogen and oxygen atoms in total. The SMILES string of the molecule is CCCC[C@H](NC(=O)[C@H](Cc1c[nH]c2ccccc12)NC(=O)CNC(=O)[C@H](Cc1ccc(OS(C)(=O)=O)cc1)NC(=O)OC(C)(C)C)C(=O)N[C@@H](CC(=O)O)C(=O)N[C@@H](Cc1ccccc1)C(N)=O. The Morgan fingerprint density at radius 1 is 0.696 bits per heavy atom. The van der Waals surface area contributed by atoms with Crippen molar-refractivity contribution in [2.24, 2.45) is 5.73 Å². The number of unbranched alkanes of at least 4 members (excludes halogenated alkanes) is 1. The molecule has 5 atom stereocenters. The van der Waals surface area contributed by atoms with Crippen LogP contribution in [0.15, 0.2) is 85.1 Å². The number of aromatic nitrogens is 1. The molecule has 0 aliphatic carbocycles. The van der Waals surface area contributed by atoms with Crippen molar-refractivity contribution in [2.75, 3.05) is 12.8 Å². The zero-order chi connectivity index (χ0) is 50.9. The van der Waals surface area contributed by atoms with Crippen LogP contribution < -0.4 is 41.8 Å². The molecule has 0 saturated carbocycles. The molecular formula is C47H60N8O13S. The van der Waals surface area contributed by atoms with E-state index < -0.39 is 106 Å². The number of fused-ring (bicyclic) bond motifs is 1. The van der Waals surface area contributed by atoms with E-state index in [1.54, 1.807) is 75.5 Å². The van der Waals surface area contributed by atoms with Gasteiger partial charge in [0, 0.05) is 36.4 Å². The molecule has 4 rings (SSSR count). The van der Waals surface area contributed by atoms with Crippen molar-refractivity contribution in [3.8, 4) is 5.75 Å². The normalized spacial score (nSPS) is 13.6. The minimum atomic E-state index is -3.82. The lowest BCUT2D eigenvalue weighted by Crippen LogP contribution is -2.59. The first-order chi connectivity index (χ1) is 32.5. The number of carbonyl (C=O) groups excluding carboxylic acids is 7. The first-order valence-corrected chi connectivity index (χ1v) is 23.9. The molecule has 372 valence electrons. The largest absolute Gasteiger partial charge is 0.481 e. The van der Waals surface area contributed by atoms with Crippen molar-refractivity contribution < 1.29 is 60.8 Å². The van der Waals surface area contributed by atoms with Crippen LogP contribution in [-0.2, 0) is 67.7 Å². The number of carboxylic acids is 1. The number of hydrogen-bond donors (Lipinski definition) is 9. The van der Waals surface area contributed by atoms with E-state index >= 15 is 0 Å². The Kier molecular flexibility index (Phi) is 19.6. The maximum absolute atomic E-state index is 14.3. The fourth-order valence-corrected chi connectivity index (χ4v) is 7.43. The maximum atomic E-state index is 14.3. The van der Waals surface area contributed by atoms with Crippen LogP contribution in [0.25, 0.3) is 10.9 Å². The Labute approximate surface area is 399 Å². The third-order valence-electron chi connectivity index (χ3n) is 10.2. The predicted molar refractivity (Wildman–Crippen MR) is 253 cm³/mol. The van der Waals surface area contributed by atoms with Gasteiger partial charge in [0.25, 0.3) is 0 Å². The van der Waals surface area contributed by atoms with Gasteiger partial charge in [-0.3, -0.25) is 33.6 Å². The van der Waals surface area contributed by atoms with Crippen molar-refractivity contribution in [3.63, 3.8) is 0 Å². The van der Waals surface area contributed by atoms with Gasteiger partial charge in [-0.2, -0.15) is 8.42 Å². The average Bonchev–Trinajstić information content (AvgIpc) is 3.68. The van der Waals surface area contributed by atoms with Gasteiger partial charge in [0.1, 0.15) is 41.6 Å². The molecule has 0 spiro atoms. The molecule has 0 bridgehead atoms. The number of hydrogen-bond acceptors (Lipinski definition) is 12. The quantitative estimate of drug-likeness (QED) is 0.0427. The number of rotatable bonds is 25. The smallest absolute Gasteiger partial charge is 0.408 e. The maximum Gasteiger partial charge on any atom is 0.408 e. The summed E-state index contributed by atoms with van der Waals surface area (Å²) < 4.78 is 33.4. The number of benzene rings is 3. The van der Waals surface area contributed by atoms with Crippen LogP contribution in [0, 0.1) is 0 Å². The minimum Gasteiger partial charge on any atom is -0.481 e. The first kappa shape index (κ1) is 54.1. The number of nitrogens with two attached hydrogens (primary N) is 1. The molecule has 3 aromatic carbocycles. The van der Waals surface area contributed by atoms with E-state index in [4.69, 9.17) is 14.7 Å². The molecule has 0 fully saturated rings. The standard InChI is InChI=1S/C47H60N8O13S/c1-6-7-16-34(43(61)54-38(25-40(57)58)45(63)53-35(41(48)59)22-28-13-9-8-10-14-28)52-44(62)37(24-30-26-49-33-17-12-11-15-32(30)33)51-39(56)27-50-42(60)36(55-46(64)67-47(2,3)4)23-29-18-20-31(21-19-29)68-69(5,65)66/h8-15,17-21,26,34-38,49H,6-7,16,22-25,27H2,1-5H3,(H2,48,59)(H,50,60)(H,51,56)(H,52,62)(H,53,63)(H,54,61)(H,55,64)(H,57,58)/t34-,35-,36-,37-,38-/m0/s1. The minimum absolute atomic E-state index is 0.0113. The van der Waals surface area contributed by atoms with Gasteiger partial charge >= 0.3 is 22.2 Å². The van der Waals surface area contributed by atoms with Crippen molar-refractivity contribution >= 4 is 68.5 Å². The van der Waals surface area contributed by atoms with Crippen LogP contribution in [-0.4, -0.2) is 115 Å². The molecule has 1 aromatic heterocycles. The van der Waals surface area contributed by atoms with Crippen molar-refractivity contribution in [3.05, 3.63) is 102 Å². The highest BCUT2D eigenvalue weighted by Gasteiger charge is 2.33. The number of carbonyl (C=O) groups is 8. The molecule has 4 aromatic rings. The summed E-state index contributed by atoms with van der Waals surface area (Å²) in [6.07, 6.45) is 1.47. The average molecular weight is 977 g/mol. The summed E-state index contributed by atoms with van der Waals surface area (Å²) in [5.74, 6) is -6.73. The topological polar surface area (TPSA) is 323 Å². The number of alkyl carbamates (subject to hydrolysis) is 1. The molecule has 1 heterocycles. The van der Waals surface area contributed by atoms with Crippen molar-refractivity contribution in [2.45, 2.75) is 108 Å². The number of H-pyrrole nitrogens is 1. The van der Waals surface area contributed by atoms with Gasteiger partial charge in [-0.05, 0) is 62.1 Å². The number of amides is 7. The second kappa shape index (κ2) is 25.0. The first-order valence-electron chi connectivity index (χ1n) is 22.1. The predicted octanol–water partition coefficient (Wildman–Crippen LogP) is 1.63. The molecule has 0 aliphatic rings. The van der Waals surface area contributed by atoms with Crippen LogP contribution in [0.2, 0.25) is 0 Å². The van der Waals surface area contributed by atoms with Gasteiger partial charge in [0.05, 0.1) is 19.2 Å². The zero-order valence-corrected chi connectivity index (χ0v) is 39.8. The molecule has 7 amide bonds. The van der Waals surface area contributed by atoms with Crippen LogP contribution in [0.5, 0.6) is 5.75 Å². The number of nitrogens with one attached hydrogen (secondary N) is 7. The second-order valence-corrected chi connectivity index (χ2v) is 18.8. The van der Waals surface area contributed by atoms with Crippen molar-refractivity contribution in [1.29, 1.82) is 0 Å². The molecular weight excluding hydrogens is 917 g/mol. The van der Waals surface area contributed by atoms with Gasteiger partial charge in [-0.25, -0.2) is 4.79 Å². The van der Waals surface area contributed by atoms with E-state index in [1.165, 1.54) is 24.3 Å². The number of para-hydroxylation sites is 1. The van der Waals surface area contributed by atoms with E-state index in [-0.39, 0.29) is 31.4 Å². The van der Waals surface area contributed by atoms with E-state index in [2.05, 4.69) is 36.9 Å². The summed E-state index contributed by atoms with van der Waals surface area (Å²) >= 11 is 0. The van der Waals surface area contributed by atoms with Gasteiger partial charge in [0.2, 0.25) is 35.4 Å². The molecule has 22 heteroatoms. The fourth-order valence-electron chi connectivity index (χ4n) is 6.97. The van der Waals surface area contributed by atoms with Crippen LogP contribution in [0.4, 0.5) is 4.79 Å². The Morgan fingerprint density at radius 3 is 1.88 bits per heavy atom. The molecule has 0 aliphatic heterocycles. The summed E-state index contributed by atoms with van der Waals surface area (Å²) in [6.45, 7) is 6.02. The highest BCUT2D eigenvalue weighted by atomic mass is 32.2. The lowest BCUT2D eigenvalue weighted by Gasteiger charge is -2.26. The van der Waals surface area contributed by atoms with Gasteiger partial charge in [-0.1, -0.05) is 80.4 Å². The lowest BCUT2D eigenvalue weighted by molar-refractivity contribution is -0.141. The third kappa shape index (κ3) is 18.6. The van der Waals surface area contributed by atoms with Gasteiger partial charge in [0.15, 0.2) is 0 Å². The zero-order valence-electron chi connectivity index (χ0n) is 39.0. The van der Waals surface area contributed by atoms with E-state index in [1.807, 2.05) is 13.0 Å². The van der Waals surface area contributed by atoms with E-state index in [0.717, 1.165) is 17.2 Å². The Bertz CT molecular complexity index is 2560. The van der Waals surface area contributed by atoms with Gasteiger partial charge < -0.3 is 56.6 Å². The third-order valence-corrected chi connectivity index (χ3v) is 10.7. The van der Waals surface area contributed by atoms with Crippen LogP contribution in [0.1, 0.15) is 70.1 Å².